The van der Waals surface area contributed by atoms with Crippen LogP contribution in [0.15, 0.2) is 12.2 Å². The molecule has 0 spiro atoms. The summed E-state index contributed by atoms with van der Waals surface area (Å²) in [5.41, 5.74) is 0. The predicted octanol–water partition coefficient (Wildman–Crippen LogP) is 6.76. The van der Waals surface area contributed by atoms with Gasteiger partial charge in [-0.2, -0.15) is 0 Å². The number of hydrogen-bond acceptors (Lipinski definition) is 0. The van der Waals surface area contributed by atoms with E-state index in [2.05, 4.69) is 39.8 Å². The largest absolute Gasteiger partial charge is 0.0883 e. The molecule has 0 radical (unpaired) electrons. The fourth-order valence-corrected chi connectivity index (χ4v) is 2.37. The Hall–Kier alpha value is -0.260. The summed E-state index contributed by atoms with van der Waals surface area (Å²) in [4.78, 5) is 0. The Balaban J connectivity index is 3.51. The molecule has 0 saturated heterocycles. The van der Waals surface area contributed by atoms with Gasteiger partial charge in [0.05, 0.1) is 0 Å². The molecule has 0 heterocycles. The van der Waals surface area contributed by atoms with Gasteiger partial charge in [-0.1, -0.05) is 78.4 Å². The molecule has 0 aliphatic carbocycles. The first kappa shape index (κ1) is 17.7. The molecule has 0 aliphatic rings. The zero-order chi connectivity index (χ0) is 13.6. The Bertz CT molecular complexity index is 178. The molecular formula is C18H36. The van der Waals surface area contributed by atoms with Crippen LogP contribution in [0.25, 0.3) is 0 Å². The smallest absolute Gasteiger partial charge is 0.0236 e. The van der Waals surface area contributed by atoms with E-state index in [1.807, 2.05) is 0 Å². The second-order valence-corrected chi connectivity index (χ2v) is 6.12. The Morgan fingerprint density at radius 3 is 2.17 bits per heavy atom. The van der Waals surface area contributed by atoms with E-state index in [0.717, 1.165) is 11.8 Å². The molecule has 0 rings (SSSR count). The van der Waals surface area contributed by atoms with Crippen molar-refractivity contribution in [2.75, 3.05) is 0 Å². The van der Waals surface area contributed by atoms with Gasteiger partial charge in [-0.25, -0.2) is 0 Å². The van der Waals surface area contributed by atoms with Gasteiger partial charge in [0.1, 0.15) is 0 Å². The zero-order valence-corrected chi connectivity index (χ0v) is 13.4. The van der Waals surface area contributed by atoms with Crippen molar-refractivity contribution in [2.45, 2.75) is 91.9 Å². The molecule has 0 saturated carbocycles. The van der Waals surface area contributed by atoms with Crippen LogP contribution in [0.4, 0.5) is 0 Å². The third-order valence-corrected chi connectivity index (χ3v) is 3.76. The Morgan fingerprint density at radius 2 is 1.56 bits per heavy atom. The fraction of sp³-hybridized carbons (Fsp3) is 0.889. The highest BCUT2D eigenvalue weighted by atomic mass is 14.1. The highest BCUT2D eigenvalue weighted by molar-refractivity contribution is 4.87. The molecule has 1 atom stereocenters. The average molecular weight is 252 g/mol. The third-order valence-electron chi connectivity index (χ3n) is 3.76. The maximum atomic E-state index is 2.49. The van der Waals surface area contributed by atoms with Crippen molar-refractivity contribution in [2.24, 2.45) is 11.8 Å². The van der Waals surface area contributed by atoms with Crippen LogP contribution in [0.1, 0.15) is 91.9 Å². The number of unbranched alkanes of at least 4 members (excludes halogenated alkanes) is 5. The summed E-state index contributed by atoms with van der Waals surface area (Å²) < 4.78 is 0. The minimum atomic E-state index is 0.840. The molecule has 0 bridgehead atoms. The number of allylic oxidation sites excluding steroid dienone is 2. The van der Waals surface area contributed by atoms with E-state index in [9.17, 15) is 0 Å². The second-order valence-electron chi connectivity index (χ2n) is 6.12. The van der Waals surface area contributed by atoms with Crippen LogP contribution >= 0.6 is 0 Å². The summed E-state index contributed by atoms with van der Waals surface area (Å²) in [5.74, 6) is 1.71. The molecule has 0 amide bonds. The van der Waals surface area contributed by atoms with Crippen molar-refractivity contribution in [3.8, 4) is 0 Å². The maximum Gasteiger partial charge on any atom is -0.0236 e. The van der Waals surface area contributed by atoms with Gasteiger partial charge in [0.25, 0.3) is 0 Å². The van der Waals surface area contributed by atoms with E-state index in [1.165, 1.54) is 64.2 Å². The van der Waals surface area contributed by atoms with Gasteiger partial charge < -0.3 is 0 Å². The lowest BCUT2D eigenvalue weighted by molar-refractivity contribution is 0.515. The van der Waals surface area contributed by atoms with E-state index in [4.69, 9.17) is 0 Å². The summed E-state index contributed by atoms with van der Waals surface area (Å²) in [5, 5.41) is 0. The molecule has 0 aromatic rings. The highest BCUT2D eigenvalue weighted by Crippen LogP contribution is 2.16. The molecule has 1 unspecified atom stereocenters. The van der Waals surface area contributed by atoms with Crippen molar-refractivity contribution in [1.82, 2.24) is 0 Å². The molecule has 0 heteroatoms. The van der Waals surface area contributed by atoms with E-state index in [0.29, 0.717) is 0 Å². The predicted molar refractivity (Wildman–Crippen MR) is 85.0 cm³/mol. The van der Waals surface area contributed by atoms with Gasteiger partial charge in [-0.05, 0) is 37.5 Å². The molecule has 0 aliphatic heterocycles. The third kappa shape index (κ3) is 12.2. The van der Waals surface area contributed by atoms with E-state index >= 15 is 0 Å². The van der Waals surface area contributed by atoms with E-state index in [1.54, 1.807) is 0 Å². The van der Waals surface area contributed by atoms with Crippen molar-refractivity contribution in [3.05, 3.63) is 12.2 Å². The lowest BCUT2D eigenvalue weighted by Gasteiger charge is -2.09. The first-order valence-electron chi connectivity index (χ1n) is 8.37. The monoisotopic (exact) mass is 252 g/mol. The second kappa shape index (κ2) is 13.2. The van der Waals surface area contributed by atoms with Crippen LogP contribution < -0.4 is 0 Å². The number of hydrogen-bond donors (Lipinski definition) is 0. The quantitative estimate of drug-likeness (QED) is 0.266. The lowest BCUT2D eigenvalue weighted by atomic mass is 9.97. The first-order valence-corrected chi connectivity index (χ1v) is 8.37. The standard InChI is InChI=1S/C18H36/c1-5-7-8-12-15-18(6-2)16-13-10-9-11-14-17(3)4/h13,16-18H,5-12,14-15H2,1-4H3. The van der Waals surface area contributed by atoms with Crippen LogP contribution in [-0.2, 0) is 0 Å². The van der Waals surface area contributed by atoms with Crippen LogP contribution in [0, 0.1) is 11.8 Å². The normalized spacial score (nSPS) is 13.6. The molecule has 0 N–H and O–H groups in total. The van der Waals surface area contributed by atoms with Crippen LogP contribution in [-0.4, -0.2) is 0 Å². The van der Waals surface area contributed by atoms with Crippen LogP contribution in [0.5, 0.6) is 0 Å². The van der Waals surface area contributed by atoms with Crippen LogP contribution in [0.2, 0.25) is 0 Å². The van der Waals surface area contributed by atoms with Gasteiger partial charge in [0, 0.05) is 0 Å². The molecule has 0 fully saturated rings. The zero-order valence-electron chi connectivity index (χ0n) is 13.4. The van der Waals surface area contributed by atoms with Gasteiger partial charge in [-0.15, -0.1) is 0 Å². The van der Waals surface area contributed by atoms with Crippen LogP contribution in [0.3, 0.4) is 0 Å². The average Bonchev–Trinajstić information content (AvgIpc) is 2.35. The fourth-order valence-electron chi connectivity index (χ4n) is 2.37. The molecule has 108 valence electrons. The summed E-state index contributed by atoms with van der Waals surface area (Å²) in [6.07, 6.45) is 18.7. The van der Waals surface area contributed by atoms with Crippen molar-refractivity contribution in [3.63, 3.8) is 0 Å². The first-order chi connectivity index (χ1) is 8.70. The molecule has 18 heavy (non-hydrogen) atoms. The van der Waals surface area contributed by atoms with Gasteiger partial charge in [0.15, 0.2) is 0 Å². The molecular weight excluding hydrogens is 216 g/mol. The number of rotatable bonds is 12. The summed E-state index contributed by atoms with van der Waals surface area (Å²) in [6.45, 7) is 9.25. The Kier molecular flexibility index (Phi) is 13.0. The molecule has 0 nitrogen and oxygen atoms in total. The lowest BCUT2D eigenvalue weighted by Crippen LogP contribution is -1.94. The summed E-state index contributed by atoms with van der Waals surface area (Å²) in [6, 6.07) is 0. The molecule has 0 aromatic heterocycles. The Labute approximate surface area is 116 Å². The van der Waals surface area contributed by atoms with Gasteiger partial charge in [-0.3, -0.25) is 0 Å². The summed E-state index contributed by atoms with van der Waals surface area (Å²) in [7, 11) is 0. The van der Waals surface area contributed by atoms with E-state index < -0.39 is 0 Å². The van der Waals surface area contributed by atoms with Gasteiger partial charge >= 0.3 is 0 Å². The van der Waals surface area contributed by atoms with Gasteiger partial charge in [0.2, 0.25) is 0 Å². The molecule has 0 aromatic carbocycles. The van der Waals surface area contributed by atoms with Crippen molar-refractivity contribution < 1.29 is 0 Å². The minimum absolute atomic E-state index is 0.840. The minimum Gasteiger partial charge on any atom is -0.0883 e. The van der Waals surface area contributed by atoms with E-state index in [-0.39, 0.29) is 0 Å². The maximum absolute atomic E-state index is 2.49. The van der Waals surface area contributed by atoms with Crippen molar-refractivity contribution >= 4 is 0 Å². The topological polar surface area (TPSA) is 0 Å². The van der Waals surface area contributed by atoms with Crippen molar-refractivity contribution in [1.29, 1.82) is 0 Å². The highest BCUT2D eigenvalue weighted by Gasteiger charge is 2.01. The Morgan fingerprint density at radius 1 is 0.833 bits per heavy atom. The summed E-state index contributed by atoms with van der Waals surface area (Å²) >= 11 is 0. The SMILES string of the molecule is CCCCCCC(C=CCCCCC(C)C)CC.